The van der Waals surface area contributed by atoms with Crippen molar-refractivity contribution in [2.45, 2.75) is 38.8 Å². The van der Waals surface area contributed by atoms with Gasteiger partial charge < -0.3 is 16.2 Å². The average Bonchev–Trinajstić information content (AvgIpc) is 2.26. The fourth-order valence-corrected chi connectivity index (χ4v) is 3.17. The average molecular weight is 394 g/mol. The third-order valence-electron chi connectivity index (χ3n) is 2.56. The second kappa shape index (κ2) is 7.26. The van der Waals surface area contributed by atoms with E-state index in [9.17, 15) is 4.79 Å². The minimum atomic E-state index is -0.633. The van der Waals surface area contributed by atoms with E-state index >= 15 is 0 Å². The maximum atomic E-state index is 11.2. The predicted octanol–water partition coefficient (Wildman–Crippen LogP) is 2.74. The van der Waals surface area contributed by atoms with Crippen LogP contribution in [0.15, 0.2) is 21.1 Å². The summed E-state index contributed by atoms with van der Waals surface area (Å²) in [5, 5.41) is 0. The Kier molecular flexibility index (Phi) is 6.29. The van der Waals surface area contributed by atoms with Crippen molar-refractivity contribution in [3.05, 3.63) is 26.6 Å². The maximum Gasteiger partial charge on any atom is 0.258 e. The monoisotopic (exact) mass is 392 g/mol. The van der Waals surface area contributed by atoms with Crippen molar-refractivity contribution < 1.29 is 9.53 Å². The van der Waals surface area contributed by atoms with Crippen LogP contribution < -0.4 is 16.2 Å². The molecule has 0 spiro atoms. The number of amides is 1. The van der Waals surface area contributed by atoms with E-state index in [0.717, 1.165) is 20.9 Å². The van der Waals surface area contributed by atoms with Crippen LogP contribution in [0.5, 0.6) is 5.75 Å². The summed E-state index contributed by atoms with van der Waals surface area (Å²) in [5.41, 5.74) is 12.2. The molecule has 0 aromatic heterocycles. The normalized spacial score (nSPS) is 13.9. The standard InChI is InChI=1S/C13H18Br2N2O2/c1-3-11(13(17)18)19-12-9(14)5-8(4-7(2)16)6-10(12)15/h5-7,11H,3-4,16H2,1-2H3,(H2,17,18). The SMILES string of the molecule is CCC(Oc1c(Br)cc(CC(C)N)cc1Br)C(N)=O. The van der Waals surface area contributed by atoms with Crippen LogP contribution in [0.2, 0.25) is 0 Å². The lowest BCUT2D eigenvalue weighted by Crippen LogP contribution is -2.33. The first-order valence-corrected chi connectivity index (χ1v) is 7.63. The minimum Gasteiger partial charge on any atom is -0.478 e. The molecule has 2 atom stereocenters. The molecule has 2 unspecified atom stereocenters. The molecule has 0 bridgehead atoms. The number of halogens is 2. The van der Waals surface area contributed by atoms with E-state index in [1.54, 1.807) is 0 Å². The predicted molar refractivity (Wildman–Crippen MR) is 83.1 cm³/mol. The molecule has 1 aromatic rings. The van der Waals surface area contributed by atoms with E-state index in [1.807, 2.05) is 26.0 Å². The summed E-state index contributed by atoms with van der Waals surface area (Å²) in [4.78, 5) is 11.2. The molecular formula is C13H18Br2N2O2. The summed E-state index contributed by atoms with van der Waals surface area (Å²) < 4.78 is 7.20. The summed E-state index contributed by atoms with van der Waals surface area (Å²) in [6.45, 7) is 3.80. The number of carbonyl (C=O) groups excluding carboxylic acids is 1. The summed E-state index contributed by atoms with van der Waals surface area (Å²) in [6.07, 6.45) is 0.659. The van der Waals surface area contributed by atoms with Gasteiger partial charge in [-0.05, 0) is 69.3 Å². The maximum absolute atomic E-state index is 11.2. The Morgan fingerprint density at radius 2 is 1.89 bits per heavy atom. The topological polar surface area (TPSA) is 78.3 Å². The minimum absolute atomic E-state index is 0.0829. The zero-order valence-electron chi connectivity index (χ0n) is 11.0. The molecule has 0 aliphatic heterocycles. The van der Waals surface area contributed by atoms with Crippen LogP contribution in [0.25, 0.3) is 0 Å². The highest BCUT2D eigenvalue weighted by Crippen LogP contribution is 2.36. The fraction of sp³-hybridized carbons (Fsp3) is 0.462. The molecule has 4 nitrogen and oxygen atoms in total. The van der Waals surface area contributed by atoms with Crippen LogP contribution in [0, 0.1) is 0 Å². The first-order chi connectivity index (χ1) is 8.85. The summed E-state index contributed by atoms with van der Waals surface area (Å²) in [6, 6.07) is 3.97. The Bertz CT molecular complexity index is 441. The molecule has 0 saturated heterocycles. The molecule has 0 aliphatic rings. The van der Waals surface area contributed by atoms with E-state index in [4.69, 9.17) is 16.2 Å². The molecule has 1 amide bonds. The third kappa shape index (κ3) is 4.78. The Labute approximate surface area is 130 Å². The molecule has 0 heterocycles. The van der Waals surface area contributed by atoms with Gasteiger partial charge in [-0.2, -0.15) is 0 Å². The van der Waals surface area contributed by atoms with E-state index in [1.165, 1.54) is 0 Å². The van der Waals surface area contributed by atoms with Gasteiger partial charge in [0.15, 0.2) is 6.10 Å². The van der Waals surface area contributed by atoms with Crippen LogP contribution in [0.4, 0.5) is 0 Å². The second-order valence-electron chi connectivity index (χ2n) is 4.49. The van der Waals surface area contributed by atoms with E-state index in [0.29, 0.717) is 12.2 Å². The van der Waals surface area contributed by atoms with Crippen LogP contribution in [0.3, 0.4) is 0 Å². The number of carbonyl (C=O) groups is 1. The van der Waals surface area contributed by atoms with Crippen molar-refractivity contribution in [1.29, 1.82) is 0 Å². The van der Waals surface area contributed by atoms with Crippen molar-refractivity contribution in [2.24, 2.45) is 11.5 Å². The van der Waals surface area contributed by atoms with Gasteiger partial charge in [0.1, 0.15) is 5.75 Å². The smallest absolute Gasteiger partial charge is 0.258 e. The molecule has 0 radical (unpaired) electrons. The van der Waals surface area contributed by atoms with E-state index in [-0.39, 0.29) is 6.04 Å². The number of hydrogen-bond acceptors (Lipinski definition) is 3. The molecule has 0 aliphatic carbocycles. The quantitative estimate of drug-likeness (QED) is 0.779. The highest BCUT2D eigenvalue weighted by molar-refractivity contribution is 9.11. The van der Waals surface area contributed by atoms with Gasteiger partial charge >= 0.3 is 0 Å². The summed E-state index contributed by atoms with van der Waals surface area (Å²) >= 11 is 6.89. The molecule has 0 saturated carbocycles. The Morgan fingerprint density at radius 3 is 2.26 bits per heavy atom. The molecule has 1 rings (SSSR count). The van der Waals surface area contributed by atoms with E-state index < -0.39 is 12.0 Å². The molecule has 1 aromatic carbocycles. The fourth-order valence-electron chi connectivity index (χ4n) is 1.70. The Morgan fingerprint density at radius 1 is 1.37 bits per heavy atom. The largest absolute Gasteiger partial charge is 0.478 e. The van der Waals surface area contributed by atoms with Crippen molar-refractivity contribution in [3.8, 4) is 5.75 Å². The number of rotatable bonds is 6. The highest BCUT2D eigenvalue weighted by Gasteiger charge is 2.18. The first-order valence-electron chi connectivity index (χ1n) is 6.04. The van der Waals surface area contributed by atoms with Gasteiger partial charge in [0, 0.05) is 6.04 Å². The zero-order chi connectivity index (χ0) is 14.6. The van der Waals surface area contributed by atoms with Gasteiger partial charge in [-0.1, -0.05) is 6.92 Å². The van der Waals surface area contributed by atoms with Crippen LogP contribution in [-0.2, 0) is 11.2 Å². The van der Waals surface area contributed by atoms with Crippen molar-refractivity contribution >= 4 is 37.8 Å². The molecular weight excluding hydrogens is 376 g/mol. The number of ether oxygens (including phenoxy) is 1. The number of primary amides is 1. The highest BCUT2D eigenvalue weighted by atomic mass is 79.9. The lowest BCUT2D eigenvalue weighted by atomic mass is 10.1. The van der Waals surface area contributed by atoms with Crippen molar-refractivity contribution in [2.75, 3.05) is 0 Å². The van der Waals surface area contributed by atoms with Crippen LogP contribution in [-0.4, -0.2) is 18.1 Å². The van der Waals surface area contributed by atoms with Gasteiger partial charge in [-0.25, -0.2) is 0 Å². The third-order valence-corrected chi connectivity index (χ3v) is 3.74. The second-order valence-corrected chi connectivity index (χ2v) is 6.20. The lowest BCUT2D eigenvalue weighted by Gasteiger charge is -2.18. The lowest BCUT2D eigenvalue weighted by molar-refractivity contribution is -0.124. The van der Waals surface area contributed by atoms with Gasteiger partial charge in [-0.3, -0.25) is 4.79 Å². The molecule has 19 heavy (non-hydrogen) atoms. The first kappa shape index (κ1) is 16.5. The Balaban J connectivity index is 2.99. The van der Waals surface area contributed by atoms with Gasteiger partial charge in [-0.15, -0.1) is 0 Å². The van der Waals surface area contributed by atoms with Crippen LogP contribution >= 0.6 is 31.9 Å². The molecule has 106 valence electrons. The van der Waals surface area contributed by atoms with Crippen molar-refractivity contribution in [1.82, 2.24) is 0 Å². The zero-order valence-corrected chi connectivity index (χ0v) is 14.1. The molecule has 6 heteroatoms. The summed E-state index contributed by atoms with van der Waals surface area (Å²) in [5.74, 6) is 0.111. The number of hydrogen-bond donors (Lipinski definition) is 2. The van der Waals surface area contributed by atoms with Crippen LogP contribution in [0.1, 0.15) is 25.8 Å². The molecule has 0 fully saturated rings. The van der Waals surface area contributed by atoms with Crippen molar-refractivity contribution in [3.63, 3.8) is 0 Å². The van der Waals surface area contributed by atoms with E-state index in [2.05, 4.69) is 31.9 Å². The number of benzene rings is 1. The van der Waals surface area contributed by atoms with Gasteiger partial charge in [0.2, 0.25) is 0 Å². The molecule has 4 N–H and O–H groups in total. The summed E-state index contributed by atoms with van der Waals surface area (Å²) in [7, 11) is 0. The number of nitrogens with two attached hydrogens (primary N) is 2. The van der Waals surface area contributed by atoms with Gasteiger partial charge in [0.25, 0.3) is 5.91 Å². The Hall–Kier alpha value is -0.590. The van der Waals surface area contributed by atoms with Gasteiger partial charge in [0.05, 0.1) is 8.95 Å².